The number of nitrogens with one attached hydrogen (secondary N) is 2. The van der Waals surface area contributed by atoms with Crippen molar-refractivity contribution in [2.75, 3.05) is 15.8 Å². The Balaban J connectivity index is 1.60. The van der Waals surface area contributed by atoms with Crippen LogP contribution in [-0.4, -0.2) is 24.4 Å². The van der Waals surface area contributed by atoms with E-state index in [0.29, 0.717) is 12.2 Å². The first-order valence-electron chi connectivity index (χ1n) is 8.48. The van der Waals surface area contributed by atoms with Crippen LogP contribution in [0.2, 0.25) is 0 Å². The van der Waals surface area contributed by atoms with Gasteiger partial charge in [-0.3, -0.25) is 4.72 Å². The van der Waals surface area contributed by atoms with Gasteiger partial charge in [0.05, 0.1) is 5.75 Å². The van der Waals surface area contributed by atoms with Gasteiger partial charge in [0.2, 0.25) is 10.0 Å². The van der Waals surface area contributed by atoms with Gasteiger partial charge in [-0.2, -0.15) is 0 Å². The average molecular weight is 384 g/mol. The van der Waals surface area contributed by atoms with Crippen molar-refractivity contribution in [1.82, 2.24) is 10.2 Å². The molecule has 0 saturated heterocycles. The van der Waals surface area contributed by atoms with Gasteiger partial charge in [0.15, 0.2) is 11.6 Å². The minimum Gasteiger partial charge on any atom is -0.457 e. The third-order valence-corrected chi connectivity index (χ3v) is 4.97. The standard InChI is InChI=1S/C19H20N4O3S/c1-2-14-27(24,25)23-19-13-12-18(21-22-19)20-15-8-10-17(11-9-15)26-16-6-4-3-5-7-16/h3-13H,2,14H2,1H3,(H,20,21)(H,22,23). The monoisotopic (exact) mass is 384 g/mol. The quantitative estimate of drug-likeness (QED) is 0.606. The largest absolute Gasteiger partial charge is 0.457 e. The maximum absolute atomic E-state index is 11.7. The Morgan fingerprint density at radius 2 is 1.48 bits per heavy atom. The van der Waals surface area contributed by atoms with Crippen molar-refractivity contribution in [3.8, 4) is 11.5 Å². The molecule has 1 heterocycles. The molecule has 0 radical (unpaired) electrons. The van der Waals surface area contributed by atoms with Crippen LogP contribution in [0.25, 0.3) is 0 Å². The Bertz CT molecular complexity index is 960. The van der Waals surface area contributed by atoms with Gasteiger partial charge < -0.3 is 10.1 Å². The molecule has 0 bridgehead atoms. The number of rotatable bonds is 8. The van der Waals surface area contributed by atoms with Gasteiger partial charge in [0.1, 0.15) is 11.5 Å². The van der Waals surface area contributed by atoms with E-state index >= 15 is 0 Å². The molecule has 1 aromatic heterocycles. The molecule has 0 aliphatic heterocycles. The third kappa shape index (κ3) is 5.68. The highest BCUT2D eigenvalue weighted by atomic mass is 32.2. The molecule has 3 aromatic rings. The molecule has 2 N–H and O–H groups in total. The molecular formula is C19H20N4O3S. The summed E-state index contributed by atoms with van der Waals surface area (Å²) in [6.45, 7) is 1.80. The van der Waals surface area contributed by atoms with E-state index in [2.05, 4.69) is 20.2 Å². The normalized spacial score (nSPS) is 11.0. The number of anilines is 3. The molecule has 3 rings (SSSR count). The first-order chi connectivity index (χ1) is 13.0. The lowest BCUT2D eigenvalue weighted by Gasteiger charge is -2.09. The zero-order valence-electron chi connectivity index (χ0n) is 14.8. The van der Waals surface area contributed by atoms with Crippen LogP contribution in [0.5, 0.6) is 11.5 Å². The van der Waals surface area contributed by atoms with Gasteiger partial charge in [0, 0.05) is 5.69 Å². The van der Waals surface area contributed by atoms with Crippen LogP contribution in [0.1, 0.15) is 13.3 Å². The zero-order chi connectivity index (χ0) is 19.1. The van der Waals surface area contributed by atoms with Crippen LogP contribution >= 0.6 is 0 Å². The molecule has 0 unspecified atom stereocenters. The third-order valence-electron chi connectivity index (χ3n) is 3.50. The van der Waals surface area contributed by atoms with Gasteiger partial charge >= 0.3 is 0 Å². The Labute approximate surface area is 158 Å². The Kier molecular flexibility index (Phi) is 5.87. The van der Waals surface area contributed by atoms with Gasteiger partial charge in [-0.25, -0.2) is 8.42 Å². The van der Waals surface area contributed by atoms with Crippen molar-refractivity contribution in [2.24, 2.45) is 0 Å². The lowest BCUT2D eigenvalue weighted by Crippen LogP contribution is -2.17. The Hall–Kier alpha value is -3.13. The van der Waals surface area contributed by atoms with Crippen molar-refractivity contribution in [2.45, 2.75) is 13.3 Å². The SMILES string of the molecule is CCCS(=O)(=O)Nc1ccc(Nc2ccc(Oc3ccccc3)cc2)nn1. The summed E-state index contributed by atoms with van der Waals surface area (Å²) in [5.41, 5.74) is 0.809. The fourth-order valence-electron chi connectivity index (χ4n) is 2.31. The average Bonchev–Trinajstić information content (AvgIpc) is 2.65. The summed E-state index contributed by atoms with van der Waals surface area (Å²) in [5.74, 6) is 2.24. The Morgan fingerprint density at radius 3 is 2.11 bits per heavy atom. The van der Waals surface area contributed by atoms with E-state index in [9.17, 15) is 8.42 Å². The molecule has 140 valence electrons. The highest BCUT2D eigenvalue weighted by Crippen LogP contribution is 2.24. The number of benzene rings is 2. The molecule has 0 amide bonds. The number of sulfonamides is 1. The number of ether oxygens (including phenoxy) is 1. The van der Waals surface area contributed by atoms with E-state index in [1.807, 2.05) is 54.6 Å². The van der Waals surface area contributed by atoms with Gasteiger partial charge in [-0.05, 0) is 55.0 Å². The molecule has 0 aliphatic rings. The van der Waals surface area contributed by atoms with E-state index in [4.69, 9.17) is 4.74 Å². The molecule has 0 spiro atoms. The molecular weight excluding hydrogens is 364 g/mol. The minimum atomic E-state index is -3.37. The van der Waals surface area contributed by atoms with Crippen LogP contribution < -0.4 is 14.8 Å². The van der Waals surface area contributed by atoms with Crippen LogP contribution in [0.4, 0.5) is 17.3 Å². The first kappa shape index (κ1) is 18.7. The molecule has 0 aliphatic carbocycles. The lowest BCUT2D eigenvalue weighted by molar-refractivity contribution is 0.483. The first-order valence-corrected chi connectivity index (χ1v) is 10.1. The fourth-order valence-corrected chi connectivity index (χ4v) is 3.38. The zero-order valence-corrected chi connectivity index (χ0v) is 15.6. The molecule has 0 fully saturated rings. The summed E-state index contributed by atoms with van der Waals surface area (Å²) in [5, 5.41) is 11.0. The second-order valence-electron chi connectivity index (χ2n) is 5.79. The van der Waals surface area contributed by atoms with Crippen molar-refractivity contribution < 1.29 is 13.2 Å². The highest BCUT2D eigenvalue weighted by Gasteiger charge is 2.10. The van der Waals surface area contributed by atoms with Crippen LogP contribution in [-0.2, 0) is 10.0 Å². The smallest absolute Gasteiger partial charge is 0.233 e. The maximum Gasteiger partial charge on any atom is 0.233 e. The van der Waals surface area contributed by atoms with Crippen molar-refractivity contribution >= 4 is 27.3 Å². The van der Waals surface area contributed by atoms with E-state index in [0.717, 1.165) is 17.2 Å². The molecule has 2 aromatic carbocycles. The minimum absolute atomic E-state index is 0.0477. The topological polar surface area (TPSA) is 93.2 Å². The molecule has 0 saturated carbocycles. The fraction of sp³-hybridized carbons (Fsp3) is 0.158. The second-order valence-corrected chi connectivity index (χ2v) is 7.63. The Morgan fingerprint density at radius 1 is 0.852 bits per heavy atom. The number of hydrogen-bond donors (Lipinski definition) is 2. The van der Waals surface area contributed by atoms with Crippen molar-refractivity contribution in [3.63, 3.8) is 0 Å². The van der Waals surface area contributed by atoms with Gasteiger partial charge in [-0.1, -0.05) is 25.1 Å². The summed E-state index contributed by atoms with van der Waals surface area (Å²) in [6, 6.07) is 20.2. The summed E-state index contributed by atoms with van der Waals surface area (Å²) in [4.78, 5) is 0. The van der Waals surface area contributed by atoms with Gasteiger partial charge in [-0.15, -0.1) is 10.2 Å². The van der Waals surface area contributed by atoms with Crippen molar-refractivity contribution in [3.05, 3.63) is 66.7 Å². The molecule has 8 heteroatoms. The summed E-state index contributed by atoms with van der Waals surface area (Å²) >= 11 is 0. The summed E-state index contributed by atoms with van der Waals surface area (Å²) in [6.07, 6.45) is 0.534. The highest BCUT2D eigenvalue weighted by molar-refractivity contribution is 7.92. The predicted molar refractivity (Wildman–Crippen MR) is 106 cm³/mol. The molecule has 0 atom stereocenters. The molecule has 27 heavy (non-hydrogen) atoms. The van der Waals surface area contributed by atoms with E-state index in [1.54, 1.807) is 19.1 Å². The van der Waals surface area contributed by atoms with Crippen LogP contribution in [0.15, 0.2) is 66.7 Å². The maximum atomic E-state index is 11.7. The molecule has 7 nitrogen and oxygen atoms in total. The second kappa shape index (κ2) is 8.50. The van der Waals surface area contributed by atoms with E-state index < -0.39 is 10.0 Å². The van der Waals surface area contributed by atoms with E-state index in [-0.39, 0.29) is 11.6 Å². The summed E-state index contributed by atoms with van der Waals surface area (Å²) < 4.78 is 31.6. The number of nitrogens with zero attached hydrogens (tertiary/aromatic N) is 2. The summed E-state index contributed by atoms with van der Waals surface area (Å²) in [7, 11) is -3.37. The number of aromatic nitrogens is 2. The van der Waals surface area contributed by atoms with Crippen LogP contribution in [0.3, 0.4) is 0 Å². The number of hydrogen-bond acceptors (Lipinski definition) is 6. The van der Waals surface area contributed by atoms with Gasteiger partial charge in [0.25, 0.3) is 0 Å². The van der Waals surface area contributed by atoms with Crippen molar-refractivity contribution in [1.29, 1.82) is 0 Å². The predicted octanol–water partition coefficient (Wildman–Crippen LogP) is 4.16. The lowest BCUT2D eigenvalue weighted by atomic mass is 10.3. The van der Waals surface area contributed by atoms with Crippen LogP contribution in [0, 0.1) is 0 Å². The van der Waals surface area contributed by atoms with E-state index in [1.165, 1.54) is 0 Å². The number of para-hydroxylation sites is 1.